The molecule has 1 heterocycles. The average Bonchev–Trinajstić information content (AvgIpc) is 3.05. The van der Waals surface area contributed by atoms with E-state index in [-0.39, 0.29) is 32.8 Å². The standard InChI is InChI=1S/C24H13BrCl2FNO4S/c25-15-6-8-20(33-23(31)17-3-1-2-4-18(17)26)14(9-15)10-21-22(30)29(24(32)34-21)12-13-5-7-16(28)11-19(13)27/h1-11H,12H2/b21-10-. The molecule has 0 spiro atoms. The van der Waals surface area contributed by atoms with Crippen molar-refractivity contribution in [2.24, 2.45) is 0 Å². The van der Waals surface area contributed by atoms with E-state index in [2.05, 4.69) is 15.9 Å². The van der Waals surface area contributed by atoms with Gasteiger partial charge in [-0.25, -0.2) is 9.18 Å². The molecule has 0 unspecified atom stereocenters. The molecule has 2 amide bonds. The Morgan fingerprint density at radius 2 is 1.82 bits per heavy atom. The number of rotatable bonds is 5. The maximum atomic E-state index is 13.3. The molecule has 5 nitrogen and oxygen atoms in total. The highest BCUT2D eigenvalue weighted by atomic mass is 79.9. The molecule has 3 aromatic rings. The fourth-order valence-corrected chi connectivity index (χ4v) is 4.75. The summed E-state index contributed by atoms with van der Waals surface area (Å²) in [6.45, 7) is -0.103. The summed E-state index contributed by atoms with van der Waals surface area (Å²) in [7, 11) is 0. The van der Waals surface area contributed by atoms with Gasteiger partial charge in [0.15, 0.2) is 0 Å². The summed E-state index contributed by atoms with van der Waals surface area (Å²) in [5.74, 6) is -1.54. The van der Waals surface area contributed by atoms with Crippen molar-refractivity contribution >= 4 is 74.1 Å². The van der Waals surface area contributed by atoms with Crippen LogP contribution >= 0.6 is 50.9 Å². The maximum absolute atomic E-state index is 13.3. The molecule has 1 aliphatic rings. The molecule has 10 heteroatoms. The Balaban J connectivity index is 1.60. The number of nitrogens with zero attached hydrogens (tertiary/aromatic N) is 1. The van der Waals surface area contributed by atoms with Crippen LogP contribution in [0.1, 0.15) is 21.5 Å². The van der Waals surface area contributed by atoms with Gasteiger partial charge in [0, 0.05) is 15.1 Å². The van der Waals surface area contributed by atoms with Crippen molar-refractivity contribution in [1.29, 1.82) is 0 Å². The highest BCUT2D eigenvalue weighted by molar-refractivity contribution is 9.10. The van der Waals surface area contributed by atoms with Crippen LogP contribution in [0, 0.1) is 5.82 Å². The van der Waals surface area contributed by atoms with Gasteiger partial charge in [0.05, 0.1) is 22.0 Å². The number of benzene rings is 3. The molecule has 0 saturated carbocycles. The van der Waals surface area contributed by atoms with E-state index in [0.717, 1.165) is 22.7 Å². The fraction of sp³-hybridized carbons (Fsp3) is 0.0417. The van der Waals surface area contributed by atoms with Crippen LogP contribution in [0.5, 0.6) is 5.75 Å². The smallest absolute Gasteiger partial charge is 0.345 e. The third kappa shape index (κ3) is 5.36. The summed E-state index contributed by atoms with van der Waals surface area (Å²) >= 11 is 16.2. The van der Waals surface area contributed by atoms with Crippen molar-refractivity contribution in [2.75, 3.05) is 0 Å². The molecule has 0 radical (unpaired) electrons. The Kier molecular flexibility index (Phi) is 7.42. The molecule has 34 heavy (non-hydrogen) atoms. The van der Waals surface area contributed by atoms with Gasteiger partial charge in [0.1, 0.15) is 11.6 Å². The normalized spacial score (nSPS) is 14.7. The predicted molar refractivity (Wildman–Crippen MR) is 133 cm³/mol. The average molecular weight is 581 g/mol. The third-order valence-electron chi connectivity index (χ3n) is 4.77. The van der Waals surface area contributed by atoms with E-state index in [9.17, 15) is 18.8 Å². The highest BCUT2D eigenvalue weighted by Gasteiger charge is 2.35. The first kappa shape index (κ1) is 24.5. The lowest BCUT2D eigenvalue weighted by Crippen LogP contribution is -2.27. The molecule has 1 fully saturated rings. The molecule has 0 N–H and O–H groups in total. The molecule has 1 aliphatic heterocycles. The van der Waals surface area contributed by atoms with E-state index in [0.29, 0.717) is 15.6 Å². The van der Waals surface area contributed by atoms with Crippen molar-refractivity contribution in [3.63, 3.8) is 0 Å². The van der Waals surface area contributed by atoms with Crippen LogP contribution in [0.25, 0.3) is 6.08 Å². The molecule has 0 aliphatic carbocycles. The zero-order valence-corrected chi connectivity index (χ0v) is 21.0. The summed E-state index contributed by atoms with van der Waals surface area (Å²) in [5, 5.41) is -0.142. The Morgan fingerprint density at radius 3 is 2.56 bits per heavy atom. The van der Waals surface area contributed by atoms with Crippen LogP contribution in [-0.2, 0) is 11.3 Å². The van der Waals surface area contributed by atoms with Gasteiger partial charge >= 0.3 is 5.97 Å². The van der Waals surface area contributed by atoms with E-state index in [1.165, 1.54) is 24.3 Å². The lowest BCUT2D eigenvalue weighted by molar-refractivity contribution is -0.123. The van der Waals surface area contributed by atoms with E-state index < -0.39 is 22.9 Å². The lowest BCUT2D eigenvalue weighted by Gasteiger charge is -2.13. The molecule has 4 rings (SSSR count). The minimum absolute atomic E-state index is 0.103. The SMILES string of the molecule is O=C(Oc1ccc(Br)cc1/C=C1\SC(=O)N(Cc2ccc(F)cc2Cl)C1=O)c1ccccc1Cl. The topological polar surface area (TPSA) is 63.7 Å². The summed E-state index contributed by atoms with van der Waals surface area (Å²) in [4.78, 5) is 39.2. The molecular formula is C24H13BrCl2FNO4S. The van der Waals surface area contributed by atoms with Gasteiger partial charge in [0.25, 0.3) is 11.1 Å². The largest absolute Gasteiger partial charge is 0.422 e. The minimum Gasteiger partial charge on any atom is -0.422 e. The second kappa shape index (κ2) is 10.3. The molecule has 1 saturated heterocycles. The molecule has 0 atom stereocenters. The van der Waals surface area contributed by atoms with Gasteiger partial charge < -0.3 is 4.74 Å². The third-order valence-corrected chi connectivity index (χ3v) is 6.85. The van der Waals surface area contributed by atoms with E-state index >= 15 is 0 Å². The first-order valence-corrected chi connectivity index (χ1v) is 12.0. The highest BCUT2D eigenvalue weighted by Crippen LogP contribution is 2.36. The Morgan fingerprint density at radius 1 is 1.06 bits per heavy atom. The first-order chi connectivity index (χ1) is 16.2. The number of hydrogen-bond donors (Lipinski definition) is 0. The fourth-order valence-electron chi connectivity index (χ4n) is 3.10. The van der Waals surface area contributed by atoms with Gasteiger partial charge in [0.2, 0.25) is 0 Å². The molecule has 0 bridgehead atoms. The van der Waals surface area contributed by atoms with Crippen LogP contribution < -0.4 is 4.74 Å². The number of amides is 2. The van der Waals surface area contributed by atoms with Gasteiger partial charge in [-0.3, -0.25) is 14.5 Å². The van der Waals surface area contributed by atoms with Gasteiger partial charge in [-0.15, -0.1) is 0 Å². The van der Waals surface area contributed by atoms with Crippen LogP contribution in [0.15, 0.2) is 70.0 Å². The zero-order chi connectivity index (χ0) is 24.4. The van der Waals surface area contributed by atoms with Crippen molar-refractivity contribution in [3.8, 4) is 5.75 Å². The number of ether oxygens (including phenoxy) is 1. The first-order valence-electron chi connectivity index (χ1n) is 9.68. The minimum atomic E-state index is -0.665. The number of esters is 1. The van der Waals surface area contributed by atoms with Crippen LogP contribution in [0.4, 0.5) is 9.18 Å². The quantitative estimate of drug-likeness (QED) is 0.179. The van der Waals surface area contributed by atoms with Gasteiger partial charge in [-0.1, -0.05) is 57.3 Å². The predicted octanol–water partition coefficient (Wildman–Crippen LogP) is 7.35. The number of carbonyl (C=O) groups is 3. The summed E-state index contributed by atoms with van der Waals surface area (Å²) in [6, 6.07) is 15.1. The van der Waals surface area contributed by atoms with E-state index in [4.69, 9.17) is 27.9 Å². The second-order valence-corrected chi connectivity index (χ2v) is 9.78. The van der Waals surface area contributed by atoms with Crippen molar-refractivity contribution in [2.45, 2.75) is 6.54 Å². The van der Waals surface area contributed by atoms with Crippen molar-refractivity contribution in [3.05, 3.63) is 103 Å². The number of imide groups is 1. The van der Waals surface area contributed by atoms with Crippen LogP contribution in [0.2, 0.25) is 10.0 Å². The Labute approximate surface area is 216 Å². The van der Waals surface area contributed by atoms with Crippen molar-refractivity contribution in [1.82, 2.24) is 4.90 Å². The summed E-state index contributed by atoms with van der Waals surface area (Å²) in [6.07, 6.45) is 1.47. The van der Waals surface area contributed by atoms with Crippen LogP contribution in [-0.4, -0.2) is 22.0 Å². The van der Waals surface area contributed by atoms with E-state index in [1.807, 2.05) is 0 Å². The molecule has 3 aromatic carbocycles. The zero-order valence-electron chi connectivity index (χ0n) is 17.1. The summed E-state index contributed by atoms with van der Waals surface area (Å²) in [5.41, 5.74) is 1.03. The maximum Gasteiger partial charge on any atom is 0.345 e. The second-order valence-electron chi connectivity index (χ2n) is 7.06. The Bertz CT molecular complexity index is 1360. The molecule has 0 aromatic heterocycles. The summed E-state index contributed by atoms with van der Waals surface area (Å²) < 4.78 is 19.5. The van der Waals surface area contributed by atoms with Crippen LogP contribution in [0.3, 0.4) is 0 Å². The Hall–Kier alpha value is -2.65. The monoisotopic (exact) mass is 579 g/mol. The lowest BCUT2D eigenvalue weighted by atomic mass is 10.1. The number of thioether (sulfide) groups is 1. The van der Waals surface area contributed by atoms with Gasteiger partial charge in [-0.05, 0) is 65.9 Å². The number of carbonyl (C=O) groups excluding carboxylic acids is 3. The number of halogens is 4. The molecular weight excluding hydrogens is 568 g/mol. The van der Waals surface area contributed by atoms with Gasteiger partial charge in [-0.2, -0.15) is 0 Å². The molecule has 172 valence electrons. The number of hydrogen-bond acceptors (Lipinski definition) is 5. The van der Waals surface area contributed by atoms with Crippen molar-refractivity contribution < 1.29 is 23.5 Å². The van der Waals surface area contributed by atoms with E-state index in [1.54, 1.807) is 36.4 Å².